The summed E-state index contributed by atoms with van der Waals surface area (Å²) in [6, 6.07) is 0.734. The average molecular weight is 449 g/mol. The van der Waals surface area contributed by atoms with Crippen LogP contribution in [0.2, 0.25) is 0 Å². The molecule has 5 nitrogen and oxygen atoms in total. The minimum atomic E-state index is -0.331. The summed E-state index contributed by atoms with van der Waals surface area (Å²) in [5.41, 5.74) is 6.90. The third kappa shape index (κ3) is 6.96. The molecular weight excluding hydrogens is 406 g/mol. The van der Waals surface area contributed by atoms with Crippen LogP contribution in [0.4, 0.5) is 0 Å². The molecular formula is C22H43ClN3O2S+. The summed E-state index contributed by atoms with van der Waals surface area (Å²) >= 11 is 11.1. The van der Waals surface area contributed by atoms with Crippen molar-refractivity contribution in [3.63, 3.8) is 0 Å². The first-order chi connectivity index (χ1) is 14.0. The number of alkyl halides is 1. The van der Waals surface area contributed by atoms with Crippen LogP contribution >= 0.6 is 24.2 Å². The Kier molecular flexibility index (Phi) is 9.88. The van der Waals surface area contributed by atoms with Crippen molar-refractivity contribution in [2.24, 2.45) is 23.5 Å². The first-order valence-corrected chi connectivity index (χ1v) is 12.8. The number of thiol groups is 1. The fourth-order valence-electron chi connectivity index (χ4n) is 5.94. The lowest BCUT2D eigenvalue weighted by Gasteiger charge is -2.41. The SMILES string of the molecule is COC1CCC(C[NH2+]C(S)NC2CCCCC2C(N)C2CCC(Cl)CC2)CC1O. The molecule has 3 aliphatic rings. The lowest BCUT2D eigenvalue weighted by atomic mass is 9.72. The van der Waals surface area contributed by atoms with E-state index in [0.29, 0.717) is 29.2 Å². The van der Waals surface area contributed by atoms with E-state index in [2.05, 4.69) is 10.6 Å². The van der Waals surface area contributed by atoms with Crippen LogP contribution in [0.15, 0.2) is 0 Å². The van der Waals surface area contributed by atoms with Crippen molar-refractivity contribution in [3.8, 4) is 0 Å². The van der Waals surface area contributed by atoms with E-state index in [1.807, 2.05) is 0 Å². The van der Waals surface area contributed by atoms with Crippen LogP contribution in [0, 0.1) is 17.8 Å². The van der Waals surface area contributed by atoms with Crippen LogP contribution in [0.1, 0.15) is 70.6 Å². The molecule has 3 saturated carbocycles. The van der Waals surface area contributed by atoms with Crippen LogP contribution in [0.25, 0.3) is 0 Å². The zero-order chi connectivity index (χ0) is 20.8. The third-order valence-electron chi connectivity index (χ3n) is 7.80. The minimum absolute atomic E-state index is 0.00882. The molecule has 0 aromatic carbocycles. The number of hydrogen-bond acceptors (Lipinski definition) is 5. The van der Waals surface area contributed by atoms with E-state index in [1.165, 1.54) is 38.5 Å². The summed E-state index contributed by atoms with van der Waals surface area (Å²) in [6.07, 6.45) is 12.2. The van der Waals surface area contributed by atoms with Gasteiger partial charge in [-0.05, 0) is 69.6 Å². The van der Waals surface area contributed by atoms with Gasteiger partial charge in [0, 0.05) is 30.5 Å². The molecule has 0 saturated heterocycles. The summed E-state index contributed by atoms with van der Waals surface area (Å²) in [5.74, 6) is 1.70. The lowest BCUT2D eigenvalue weighted by molar-refractivity contribution is -0.678. The number of nitrogens with one attached hydrogen (secondary N) is 1. The molecule has 7 atom stereocenters. The number of halogens is 1. The maximum atomic E-state index is 10.2. The molecule has 0 bridgehead atoms. The van der Waals surface area contributed by atoms with Gasteiger partial charge in [-0.2, -0.15) is 0 Å². The Balaban J connectivity index is 1.44. The second kappa shape index (κ2) is 11.9. The smallest absolute Gasteiger partial charge is 0.185 e. The van der Waals surface area contributed by atoms with Gasteiger partial charge in [-0.3, -0.25) is 5.32 Å². The van der Waals surface area contributed by atoms with E-state index >= 15 is 0 Å². The van der Waals surface area contributed by atoms with Crippen LogP contribution < -0.4 is 16.4 Å². The van der Waals surface area contributed by atoms with Gasteiger partial charge in [0.1, 0.15) is 0 Å². The normalized spacial score (nSPS) is 41.1. The second-order valence-corrected chi connectivity index (χ2v) is 10.9. The van der Waals surface area contributed by atoms with E-state index in [4.69, 9.17) is 34.7 Å². The number of aliphatic hydroxyl groups excluding tert-OH is 1. The highest BCUT2D eigenvalue weighted by atomic mass is 35.5. The number of quaternary nitrogens is 1. The fourth-order valence-corrected chi connectivity index (χ4v) is 6.51. The van der Waals surface area contributed by atoms with E-state index in [-0.39, 0.29) is 23.7 Å². The number of ether oxygens (including phenoxy) is 1. The van der Waals surface area contributed by atoms with E-state index in [1.54, 1.807) is 7.11 Å². The second-order valence-electron chi connectivity index (χ2n) is 9.75. The van der Waals surface area contributed by atoms with E-state index in [0.717, 1.165) is 38.6 Å². The van der Waals surface area contributed by atoms with Gasteiger partial charge in [0.15, 0.2) is 5.50 Å². The van der Waals surface area contributed by atoms with Gasteiger partial charge < -0.3 is 20.9 Å². The molecule has 3 aliphatic carbocycles. The van der Waals surface area contributed by atoms with Gasteiger partial charge in [0.2, 0.25) is 0 Å². The first-order valence-electron chi connectivity index (χ1n) is 11.9. The predicted molar refractivity (Wildman–Crippen MR) is 122 cm³/mol. The van der Waals surface area contributed by atoms with Crippen molar-refractivity contribution in [2.45, 2.75) is 106 Å². The number of nitrogens with two attached hydrogens (primary N) is 2. The Labute approximate surface area is 187 Å². The molecule has 7 heteroatoms. The van der Waals surface area contributed by atoms with Gasteiger partial charge in [0.05, 0.1) is 18.8 Å². The summed E-state index contributed by atoms with van der Waals surface area (Å²) in [5, 5.41) is 16.6. The maximum Gasteiger partial charge on any atom is 0.185 e. The highest BCUT2D eigenvalue weighted by molar-refractivity contribution is 7.80. The molecule has 3 rings (SSSR count). The fraction of sp³-hybridized carbons (Fsp3) is 1.00. The monoisotopic (exact) mass is 448 g/mol. The quantitative estimate of drug-likeness (QED) is 0.224. The predicted octanol–water partition coefficient (Wildman–Crippen LogP) is 2.21. The Morgan fingerprint density at radius 2 is 1.86 bits per heavy atom. The molecule has 0 aromatic rings. The first kappa shape index (κ1) is 24.1. The van der Waals surface area contributed by atoms with Gasteiger partial charge in [-0.25, -0.2) is 0 Å². The number of rotatable bonds is 8. The molecule has 0 amide bonds. The summed E-state index contributed by atoms with van der Waals surface area (Å²) in [7, 11) is 1.70. The zero-order valence-electron chi connectivity index (χ0n) is 18.0. The summed E-state index contributed by atoms with van der Waals surface area (Å²) in [4.78, 5) is 0. The molecule has 7 unspecified atom stereocenters. The van der Waals surface area contributed by atoms with Gasteiger partial charge >= 0.3 is 0 Å². The molecule has 6 N–H and O–H groups in total. The molecule has 0 radical (unpaired) electrons. The average Bonchev–Trinajstić information content (AvgIpc) is 2.73. The largest absolute Gasteiger partial charge is 0.390 e. The number of methoxy groups -OCH3 is 1. The van der Waals surface area contributed by atoms with Gasteiger partial charge in [0.25, 0.3) is 0 Å². The van der Waals surface area contributed by atoms with Crippen LogP contribution in [0.3, 0.4) is 0 Å². The lowest BCUT2D eigenvalue weighted by Crippen LogP contribution is -2.93. The molecule has 0 aromatic heterocycles. The zero-order valence-corrected chi connectivity index (χ0v) is 19.7. The highest BCUT2D eigenvalue weighted by Gasteiger charge is 2.37. The Morgan fingerprint density at radius 1 is 1.14 bits per heavy atom. The van der Waals surface area contributed by atoms with Crippen LogP contribution in [-0.4, -0.2) is 53.9 Å². The Morgan fingerprint density at radius 3 is 2.55 bits per heavy atom. The number of aliphatic hydroxyl groups is 1. The third-order valence-corrected chi connectivity index (χ3v) is 8.60. The topological polar surface area (TPSA) is 84.1 Å². The molecule has 29 heavy (non-hydrogen) atoms. The molecule has 3 fully saturated rings. The van der Waals surface area contributed by atoms with E-state index in [9.17, 15) is 5.11 Å². The van der Waals surface area contributed by atoms with Crippen molar-refractivity contribution in [1.29, 1.82) is 0 Å². The highest BCUT2D eigenvalue weighted by Crippen LogP contribution is 2.36. The van der Waals surface area contributed by atoms with Gasteiger partial charge in [-0.15, -0.1) is 11.6 Å². The molecule has 0 aliphatic heterocycles. The Hall–Kier alpha value is 0.440. The van der Waals surface area contributed by atoms with Crippen molar-refractivity contribution in [2.75, 3.05) is 13.7 Å². The van der Waals surface area contributed by atoms with Crippen LogP contribution in [0.5, 0.6) is 0 Å². The molecule has 170 valence electrons. The van der Waals surface area contributed by atoms with Gasteiger partial charge in [-0.1, -0.05) is 25.5 Å². The maximum absolute atomic E-state index is 10.2. The standard InChI is InChI=1S/C22H42ClN3O2S/c1-28-20-11-6-14(12-19(20)27)13-25-22(29)26-18-5-3-2-4-17(18)21(24)15-7-9-16(23)10-8-15/h14-22,25-27,29H,2-13,24H2,1H3/p+1. The summed E-state index contributed by atoms with van der Waals surface area (Å²) in [6.45, 7) is 0.998. The Bertz CT molecular complexity index is 481. The molecule has 0 spiro atoms. The molecule has 0 heterocycles. The van der Waals surface area contributed by atoms with Crippen molar-refractivity contribution < 1.29 is 15.2 Å². The number of hydrogen-bond donors (Lipinski definition) is 5. The van der Waals surface area contributed by atoms with Crippen molar-refractivity contribution in [1.82, 2.24) is 5.32 Å². The minimum Gasteiger partial charge on any atom is -0.390 e. The van der Waals surface area contributed by atoms with Crippen molar-refractivity contribution >= 4 is 24.2 Å². The van der Waals surface area contributed by atoms with Crippen molar-refractivity contribution in [3.05, 3.63) is 0 Å². The van der Waals surface area contributed by atoms with E-state index < -0.39 is 0 Å². The summed E-state index contributed by atoms with van der Waals surface area (Å²) < 4.78 is 5.36. The van der Waals surface area contributed by atoms with Crippen LogP contribution in [-0.2, 0) is 4.74 Å².